The van der Waals surface area contributed by atoms with E-state index >= 15 is 0 Å². The van der Waals surface area contributed by atoms with Crippen molar-refractivity contribution in [3.8, 4) is 11.5 Å². The summed E-state index contributed by atoms with van der Waals surface area (Å²) in [5.41, 5.74) is 1.35. The molecule has 1 aliphatic heterocycles. The zero-order valence-electron chi connectivity index (χ0n) is 18.6. The standard InChI is InChI=1S/C25H32N2O4/c1-25(2,3)19-11-12-22(28)21(16-19)26-24(30)18-8-7-14-27(17-18)23(29)13-15-31-20-9-5-4-6-10-20/h4-6,9-12,16,18,28H,7-8,13-15,17H2,1-3H3,(H,26,30). The number of likely N-dealkylation sites (tertiary alicyclic amines) is 1. The molecule has 1 aliphatic rings. The number of carbonyl (C=O) groups is 2. The maximum atomic E-state index is 12.9. The van der Waals surface area contributed by atoms with Crippen LogP contribution in [0.3, 0.4) is 0 Å². The smallest absolute Gasteiger partial charge is 0.229 e. The Balaban J connectivity index is 1.55. The summed E-state index contributed by atoms with van der Waals surface area (Å²) in [5, 5.41) is 13.1. The van der Waals surface area contributed by atoms with Gasteiger partial charge in [-0.3, -0.25) is 9.59 Å². The summed E-state index contributed by atoms with van der Waals surface area (Å²) >= 11 is 0. The molecule has 1 fully saturated rings. The van der Waals surface area contributed by atoms with E-state index in [1.807, 2.05) is 42.5 Å². The lowest BCUT2D eigenvalue weighted by Gasteiger charge is -2.32. The molecule has 31 heavy (non-hydrogen) atoms. The SMILES string of the molecule is CC(C)(C)c1ccc(O)c(NC(=O)C2CCCN(C(=O)CCOc3ccccc3)C2)c1. The van der Waals surface area contributed by atoms with Crippen molar-refractivity contribution >= 4 is 17.5 Å². The number of ether oxygens (including phenoxy) is 1. The van der Waals surface area contributed by atoms with Gasteiger partial charge in [-0.15, -0.1) is 0 Å². The van der Waals surface area contributed by atoms with Gasteiger partial charge in [-0.1, -0.05) is 45.0 Å². The molecule has 2 aromatic carbocycles. The first-order valence-electron chi connectivity index (χ1n) is 10.8. The molecule has 0 aromatic heterocycles. The fourth-order valence-electron chi connectivity index (χ4n) is 3.69. The number of phenols is 1. The van der Waals surface area contributed by atoms with Crippen LogP contribution < -0.4 is 10.1 Å². The van der Waals surface area contributed by atoms with Crippen molar-refractivity contribution in [3.05, 3.63) is 54.1 Å². The lowest BCUT2D eigenvalue weighted by molar-refractivity contribution is -0.135. The molecule has 0 bridgehead atoms. The Bertz CT molecular complexity index is 905. The fourth-order valence-corrected chi connectivity index (χ4v) is 3.69. The minimum Gasteiger partial charge on any atom is -0.506 e. The van der Waals surface area contributed by atoms with E-state index in [0.29, 0.717) is 25.4 Å². The Morgan fingerprint density at radius 1 is 1.16 bits per heavy atom. The van der Waals surface area contributed by atoms with Crippen LogP contribution in [0.1, 0.15) is 45.6 Å². The normalized spacial score (nSPS) is 16.6. The minimum atomic E-state index is -0.301. The number of anilines is 1. The van der Waals surface area contributed by atoms with E-state index in [-0.39, 0.29) is 35.3 Å². The lowest BCUT2D eigenvalue weighted by atomic mass is 9.86. The van der Waals surface area contributed by atoms with Crippen molar-refractivity contribution in [1.82, 2.24) is 4.90 Å². The van der Waals surface area contributed by atoms with E-state index < -0.39 is 0 Å². The maximum Gasteiger partial charge on any atom is 0.229 e. The third kappa shape index (κ3) is 6.23. The average Bonchev–Trinajstić information content (AvgIpc) is 2.75. The van der Waals surface area contributed by atoms with Crippen molar-refractivity contribution in [1.29, 1.82) is 0 Å². The Morgan fingerprint density at radius 3 is 2.61 bits per heavy atom. The van der Waals surface area contributed by atoms with Gasteiger partial charge in [0.2, 0.25) is 11.8 Å². The highest BCUT2D eigenvalue weighted by Gasteiger charge is 2.29. The summed E-state index contributed by atoms with van der Waals surface area (Å²) in [6, 6.07) is 14.7. The average molecular weight is 425 g/mol. The summed E-state index contributed by atoms with van der Waals surface area (Å²) in [7, 11) is 0. The van der Waals surface area contributed by atoms with Crippen LogP contribution in [0.2, 0.25) is 0 Å². The molecule has 1 atom stereocenters. The highest BCUT2D eigenvalue weighted by molar-refractivity contribution is 5.94. The van der Waals surface area contributed by atoms with Gasteiger partial charge in [-0.25, -0.2) is 0 Å². The van der Waals surface area contributed by atoms with Gasteiger partial charge in [0, 0.05) is 13.1 Å². The lowest BCUT2D eigenvalue weighted by Crippen LogP contribution is -2.44. The predicted octanol–water partition coefficient (Wildman–Crippen LogP) is 4.34. The van der Waals surface area contributed by atoms with Gasteiger partial charge in [-0.2, -0.15) is 0 Å². The monoisotopic (exact) mass is 424 g/mol. The minimum absolute atomic E-state index is 0.00833. The maximum absolute atomic E-state index is 12.9. The molecular weight excluding hydrogens is 392 g/mol. The largest absolute Gasteiger partial charge is 0.506 e. The van der Waals surface area contributed by atoms with E-state index in [4.69, 9.17) is 4.74 Å². The number of para-hydroxylation sites is 1. The Morgan fingerprint density at radius 2 is 1.90 bits per heavy atom. The summed E-state index contributed by atoms with van der Waals surface area (Å²) in [6.45, 7) is 7.59. The van der Waals surface area contributed by atoms with Crippen molar-refractivity contribution in [3.63, 3.8) is 0 Å². The second kappa shape index (κ2) is 9.86. The number of nitrogens with zero attached hydrogens (tertiary/aromatic N) is 1. The molecule has 0 saturated carbocycles. The quantitative estimate of drug-likeness (QED) is 0.677. The van der Waals surface area contributed by atoms with Gasteiger partial charge in [-0.05, 0) is 48.1 Å². The van der Waals surface area contributed by atoms with Gasteiger partial charge in [0.05, 0.1) is 24.6 Å². The van der Waals surface area contributed by atoms with Gasteiger partial charge < -0.3 is 20.1 Å². The Hall–Kier alpha value is -3.02. The molecule has 6 heteroatoms. The second-order valence-electron chi connectivity index (χ2n) is 9.06. The highest BCUT2D eigenvalue weighted by Crippen LogP contribution is 2.31. The third-order valence-corrected chi connectivity index (χ3v) is 5.59. The van der Waals surface area contributed by atoms with Crippen molar-refractivity contribution in [2.45, 2.75) is 45.4 Å². The number of amides is 2. The van der Waals surface area contributed by atoms with Crippen molar-refractivity contribution < 1.29 is 19.4 Å². The first-order valence-corrected chi connectivity index (χ1v) is 10.8. The van der Waals surface area contributed by atoms with Crippen LogP contribution in [0.25, 0.3) is 0 Å². The molecule has 0 spiro atoms. The second-order valence-corrected chi connectivity index (χ2v) is 9.06. The van der Waals surface area contributed by atoms with Crippen LogP contribution in [0.4, 0.5) is 5.69 Å². The first-order chi connectivity index (χ1) is 14.7. The van der Waals surface area contributed by atoms with E-state index in [1.54, 1.807) is 11.0 Å². The number of aromatic hydroxyl groups is 1. The van der Waals surface area contributed by atoms with Crippen LogP contribution in [-0.4, -0.2) is 41.5 Å². The topological polar surface area (TPSA) is 78.9 Å². The van der Waals surface area contributed by atoms with E-state index in [2.05, 4.69) is 26.1 Å². The number of nitrogens with one attached hydrogen (secondary N) is 1. The molecule has 1 saturated heterocycles. The zero-order valence-corrected chi connectivity index (χ0v) is 18.6. The molecule has 2 amide bonds. The van der Waals surface area contributed by atoms with Crippen LogP contribution >= 0.6 is 0 Å². The van der Waals surface area contributed by atoms with Gasteiger partial charge in [0.25, 0.3) is 0 Å². The van der Waals surface area contributed by atoms with E-state index in [9.17, 15) is 14.7 Å². The molecule has 3 rings (SSSR count). The summed E-state index contributed by atoms with van der Waals surface area (Å²) in [5.74, 6) is 0.308. The summed E-state index contributed by atoms with van der Waals surface area (Å²) in [6.07, 6.45) is 1.77. The Kier molecular flexibility index (Phi) is 7.21. The van der Waals surface area contributed by atoms with Crippen LogP contribution in [-0.2, 0) is 15.0 Å². The number of benzene rings is 2. The zero-order chi connectivity index (χ0) is 22.4. The van der Waals surface area contributed by atoms with Gasteiger partial charge in [0.1, 0.15) is 11.5 Å². The molecular formula is C25H32N2O4. The van der Waals surface area contributed by atoms with Crippen LogP contribution in [0.5, 0.6) is 11.5 Å². The molecule has 0 radical (unpaired) electrons. The van der Waals surface area contributed by atoms with E-state index in [0.717, 1.165) is 24.2 Å². The first kappa shape index (κ1) is 22.7. The fraction of sp³-hybridized carbons (Fsp3) is 0.440. The van der Waals surface area contributed by atoms with Crippen LogP contribution in [0, 0.1) is 5.92 Å². The highest BCUT2D eigenvalue weighted by atomic mass is 16.5. The molecule has 1 heterocycles. The van der Waals surface area contributed by atoms with Crippen molar-refractivity contribution in [2.75, 3.05) is 25.0 Å². The summed E-state index contributed by atoms with van der Waals surface area (Å²) in [4.78, 5) is 27.2. The van der Waals surface area contributed by atoms with Crippen LogP contribution in [0.15, 0.2) is 48.5 Å². The number of carbonyl (C=O) groups excluding carboxylic acids is 2. The molecule has 0 aliphatic carbocycles. The van der Waals surface area contributed by atoms with E-state index in [1.165, 1.54) is 0 Å². The Labute approximate surface area is 184 Å². The predicted molar refractivity (Wildman–Crippen MR) is 121 cm³/mol. The van der Waals surface area contributed by atoms with Gasteiger partial charge >= 0.3 is 0 Å². The van der Waals surface area contributed by atoms with Crippen molar-refractivity contribution in [2.24, 2.45) is 5.92 Å². The number of rotatable bonds is 6. The van der Waals surface area contributed by atoms with Gasteiger partial charge in [0.15, 0.2) is 0 Å². The molecule has 1 unspecified atom stereocenters. The summed E-state index contributed by atoms with van der Waals surface area (Å²) < 4.78 is 5.62. The number of hydrogen-bond acceptors (Lipinski definition) is 4. The number of hydrogen-bond donors (Lipinski definition) is 2. The third-order valence-electron chi connectivity index (χ3n) is 5.59. The molecule has 2 aromatic rings. The number of piperidine rings is 1. The number of phenolic OH excluding ortho intramolecular Hbond substituents is 1. The molecule has 166 valence electrons. The molecule has 2 N–H and O–H groups in total. The molecule has 6 nitrogen and oxygen atoms in total.